The highest BCUT2D eigenvalue weighted by atomic mass is 16.2. The van der Waals surface area contributed by atoms with E-state index >= 15 is 0 Å². The predicted molar refractivity (Wildman–Crippen MR) is 59.3 cm³/mol. The minimum Gasteiger partial charge on any atom is -0.352 e. The van der Waals surface area contributed by atoms with Crippen molar-refractivity contribution in [2.75, 3.05) is 0 Å². The average Bonchev–Trinajstić information content (AvgIpc) is 2.59. The second-order valence-electron chi connectivity index (χ2n) is 4.18. The topological polar surface area (TPSA) is 41.1 Å². The molecule has 2 rings (SSSR count). The molecule has 15 heavy (non-hydrogen) atoms. The maximum atomic E-state index is 11.8. The Morgan fingerprint density at radius 3 is 2.93 bits per heavy atom. The number of rotatable bonds is 2. The average molecular weight is 204 g/mol. The zero-order chi connectivity index (χ0) is 10.8. The van der Waals surface area contributed by atoms with E-state index in [4.69, 9.17) is 0 Å². The molecule has 1 aliphatic rings. The van der Waals surface area contributed by atoms with E-state index in [9.17, 15) is 4.79 Å². The summed E-state index contributed by atoms with van der Waals surface area (Å²) < 4.78 is 0. The van der Waals surface area contributed by atoms with Gasteiger partial charge in [-0.1, -0.05) is 24.3 Å². The second kappa shape index (κ2) is 4.03. The molecule has 1 atom stereocenters. The Morgan fingerprint density at radius 1 is 1.47 bits per heavy atom. The van der Waals surface area contributed by atoms with Gasteiger partial charge < -0.3 is 5.32 Å². The van der Waals surface area contributed by atoms with Crippen LogP contribution in [0.1, 0.15) is 31.0 Å². The van der Waals surface area contributed by atoms with Gasteiger partial charge >= 0.3 is 0 Å². The van der Waals surface area contributed by atoms with Gasteiger partial charge in [0.2, 0.25) is 5.91 Å². The molecule has 1 unspecified atom stereocenters. The highest BCUT2D eigenvalue weighted by Crippen LogP contribution is 2.24. The van der Waals surface area contributed by atoms with Crippen molar-refractivity contribution < 1.29 is 4.79 Å². The van der Waals surface area contributed by atoms with Crippen LogP contribution >= 0.6 is 0 Å². The highest BCUT2D eigenvalue weighted by Gasteiger charge is 2.27. The largest absolute Gasteiger partial charge is 0.352 e. The fourth-order valence-electron chi connectivity index (χ4n) is 1.90. The molecule has 2 N–H and O–H groups in total. The third kappa shape index (κ3) is 2.02. The third-order valence-electron chi connectivity index (χ3n) is 2.56. The van der Waals surface area contributed by atoms with Crippen molar-refractivity contribution in [2.24, 2.45) is 0 Å². The van der Waals surface area contributed by atoms with Crippen molar-refractivity contribution in [1.29, 1.82) is 0 Å². The standard InChI is InChI=1S/C12H16N2O/c1-8(2)14-12(15)11-10-6-4-3-5-9(10)7-13-11/h3-6,8,11,13H,7H2,1-2H3,(H,14,15). The lowest BCUT2D eigenvalue weighted by atomic mass is 10.0. The molecule has 1 aromatic carbocycles. The maximum Gasteiger partial charge on any atom is 0.241 e. The summed E-state index contributed by atoms with van der Waals surface area (Å²) in [5.41, 5.74) is 2.33. The van der Waals surface area contributed by atoms with Crippen LogP contribution < -0.4 is 10.6 Å². The summed E-state index contributed by atoms with van der Waals surface area (Å²) in [7, 11) is 0. The quantitative estimate of drug-likeness (QED) is 0.763. The predicted octanol–water partition coefficient (Wildman–Crippen LogP) is 1.36. The van der Waals surface area contributed by atoms with Crippen molar-refractivity contribution in [2.45, 2.75) is 32.5 Å². The van der Waals surface area contributed by atoms with Crippen LogP contribution in [0.15, 0.2) is 24.3 Å². The summed E-state index contributed by atoms with van der Waals surface area (Å²) in [5, 5.41) is 6.14. The van der Waals surface area contributed by atoms with Gasteiger partial charge in [0, 0.05) is 12.6 Å². The first-order chi connectivity index (χ1) is 7.18. The minimum absolute atomic E-state index is 0.0648. The molecule has 1 amide bonds. The van der Waals surface area contributed by atoms with E-state index in [2.05, 4.69) is 16.7 Å². The Hall–Kier alpha value is -1.35. The van der Waals surface area contributed by atoms with E-state index in [0.717, 1.165) is 12.1 Å². The molecule has 0 fully saturated rings. The van der Waals surface area contributed by atoms with E-state index in [1.165, 1.54) is 5.56 Å². The van der Waals surface area contributed by atoms with Crippen LogP contribution in [0.3, 0.4) is 0 Å². The molecule has 0 aliphatic carbocycles. The molecule has 1 aliphatic heterocycles. The smallest absolute Gasteiger partial charge is 0.241 e. The van der Waals surface area contributed by atoms with Gasteiger partial charge in [-0.15, -0.1) is 0 Å². The van der Waals surface area contributed by atoms with Crippen LogP contribution in [-0.4, -0.2) is 11.9 Å². The van der Waals surface area contributed by atoms with E-state index in [1.807, 2.05) is 32.0 Å². The number of benzene rings is 1. The lowest BCUT2D eigenvalue weighted by Crippen LogP contribution is -2.38. The zero-order valence-corrected chi connectivity index (χ0v) is 9.08. The number of hydrogen-bond acceptors (Lipinski definition) is 2. The van der Waals surface area contributed by atoms with E-state index in [1.54, 1.807) is 0 Å². The fraction of sp³-hybridized carbons (Fsp3) is 0.417. The number of carbonyl (C=O) groups excluding carboxylic acids is 1. The number of carbonyl (C=O) groups is 1. The summed E-state index contributed by atoms with van der Waals surface area (Å²) in [5.74, 6) is 0.0648. The van der Waals surface area contributed by atoms with Crippen LogP contribution in [0, 0.1) is 0 Å². The molecule has 0 saturated carbocycles. The maximum absolute atomic E-state index is 11.8. The van der Waals surface area contributed by atoms with Gasteiger partial charge in [-0.3, -0.25) is 10.1 Å². The molecule has 1 aromatic rings. The Balaban J connectivity index is 2.17. The van der Waals surface area contributed by atoms with Gasteiger partial charge in [0.25, 0.3) is 0 Å². The normalized spacial score (nSPS) is 19.0. The molecular weight excluding hydrogens is 188 g/mol. The summed E-state index contributed by atoms with van der Waals surface area (Å²) >= 11 is 0. The van der Waals surface area contributed by atoms with Crippen molar-refractivity contribution in [3.05, 3.63) is 35.4 Å². The van der Waals surface area contributed by atoms with Gasteiger partial charge in [0.15, 0.2) is 0 Å². The molecule has 0 spiro atoms. The molecule has 0 saturated heterocycles. The van der Waals surface area contributed by atoms with Gasteiger partial charge in [-0.05, 0) is 25.0 Å². The lowest BCUT2D eigenvalue weighted by molar-refractivity contribution is -0.123. The minimum atomic E-state index is -0.177. The molecule has 1 heterocycles. The van der Waals surface area contributed by atoms with Crippen molar-refractivity contribution in [1.82, 2.24) is 10.6 Å². The van der Waals surface area contributed by atoms with E-state index < -0.39 is 0 Å². The monoisotopic (exact) mass is 204 g/mol. The summed E-state index contributed by atoms with van der Waals surface area (Å²) in [4.78, 5) is 11.8. The number of fused-ring (bicyclic) bond motifs is 1. The van der Waals surface area contributed by atoms with Gasteiger partial charge in [-0.2, -0.15) is 0 Å². The van der Waals surface area contributed by atoms with Crippen LogP contribution in [0.25, 0.3) is 0 Å². The summed E-state index contributed by atoms with van der Waals surface area (Å²) in [6, 6.07) is 8.06. The third-order valence-corrected chi connectivity index (χ3v) is 2.56. The van der Waals surface area contributed by atoms with Crippen molar-refractivity contribution in [3.63, 3.8) is 0 Å². The Kier molecular flexibility index (Phi) is 2.73. The molecule has 0 radical (unpaired) electrons. The Labute approximate surface area is 89.9 Å². The number of amides is 1. The highest BCUT2D eigenvalue weighted by molar-refractivity contribution is 5.84. The Morgan fingerprint density at radius 2 is 2.20 bits per heavy atom. The number of nitrogens with one attached hydrogen (secondary N) is 2. The van der Waals surface area contributed by atoms with E-state index in [0.29, 0.717) is 0 Å². The van der Waals surface area contributed by atoms with Crippen LogP contribution in [0.4, 0.5) is 0 Å². The summed E-state index contributed by atoms with van der Waals surface area (Å²) in [6.45, 7) is 4.73. The molecule has 80 valence electrons. The molecule has 0 aromatic heterocycles. The first kappa shape index (κ1) is 10.2. The molecule has 3 nitrogen and oxygen atoms in total. The van der Waals surface area contributed by atoms with Crippen LogP contribution in [0.5, 0.6) is 0 Å². The SMILES string of the molecule is CC(C)NC(=O)C1NCc2ccccc21. The van der Waals surface area contributed by atoms with Crippen LogP contribution in [-0.2, 0) is 11.3 Å². The zero-order valence-electron chi connectivity index (χ0n) is 9.08. The molecule has 3 heteroatoms. The Bertz CT molecular complexity index is 374. The van der Waals surface area contributed by atoms with Crippen LogP contribution in [0.2, 0.25) is 0 Å². The van der Waals surface area contributed by atoms with Gasteiger partial charge in [-0.25, -0.2) is 0 Å². The fourth-order valence-corrected chi connectivity index (χ4v) is 1.90. The van der Waals surface area contributed by atoms with Gasteiger partial charge in [0.05, 0.1) is 0 Å². The molecule has 0 bridgehead atoms. The van der Waals surface area contributed by atoms with Crippen molar-refractivity contribution >= 4 is 5.91 Å². The molecular formula is C12H16N2O. The lowest BCUT2D eigenvalue weighted by Gasteiger charge is -2.14. The first-order valence-corrected chi connectivity index (χ1v) is 5.30. The van der Waals surface area contributed by atoms with E-state index in [-0.39, 0.29) is 18.0 Å². The number of hydrogen-bond donors (Lipinski definition) is 2. The second-order valence-corrected chi connectivity index (χ2v) is 4.18. The van der Waals surface area contributed by atoms with Gasteiger partial charge in [0.1, 0.15) is 6.04 Å². The summed E-state index contributed by atoms with van der Waals surface area (Å²) in [6.07, 6.45) is 0. The first-order valence-electron chi connectivity index (χ1n) is 5.30. The van der Waals surface area contributed by atoms with Crippen molar-refractivity contribution in [3.8, 4) is 0 Å².